The molecular formula is C12H19N2OP. The van der Waals surface area contributed by atoms with Gasteiger partial charge in [0.05, 0.1) is 0 Å². The number of hydrogen-bond acceptors (Lipinski definition) is 3. The van der Waals surface area contributed by atoms with E-state index in [0.29, 0.717) is 6.04 Å². The monoisotopic (exact) mass is 238 g/mol. The van der Waals surface area contributed by atoms with E-state index in [0.717, 1.165) is 0 Å². The molecule has 0 amide bonds. The normalized spacial score (nSPS) is 31.2. The van der Waals surface area contributed by atoms with Gasteiger partial charge in [-0.25, -0.2) is 4.67 Å². The van der Waals surface area contributed by atoms with Gasteiger partial charge in [0.25, 0.3) is 0 Å². The first kappa shape index (κ1) is 12.0. The molecule has 1 fully saturated rings. The molecule has 1 aromatic carbocycles. The molecule has 2 rings (SSSR count). The molecule has 3 nitrogen and oxygen atoms in total. The van der Waals surface area contributed by atoms with Gasteiger partial charge in [-0.3, -0.25) is 4.67 Å². The van der Waals surface area contributed by atoms with Crippen LogP contribution in [0.5, 0.6) is 0 Å². The van der Waals surface area contributed by atoms with E-state index in [2.05, 4.69) is 61.7 Å². The van der Waals surface area contributed by atoms with Crippen molar-refractivity contribution in [2.24, 2.45) is 0 Å². The number of nitrogens with zero attached hydrogens (tertiary/aromatic N) is 2. The molecule has 0 aliphatic carbocycles. The second-order valence-corrected chi connectivity index (χ2v) is 6.50. The summed E-state index contributed by atoms with van der Waals surface area (Å²) in [4.78, 5) is 0. The van der Waals surface area contributed by atoms with Crippen molar-refractivity contribution in [3.8, 4) is 0 Å². The summed E-state index contributed by atoms with van der Waals surface area (Å²) in [5, 5.41) is 0. The van der Waals surface area contributed by atoms with Gasteiger partial charge in [-0.2, -0.15) is 0 Å². The van der Waals surface area contributed by atoms with E-state index < -0.39 is 8.45 Å². The Balaban J connectivity index is 2.20. The van der Waals surface area contributed by atoms with E-state index in [-0.39, 0.29) is 6.10 Å². The molecule has 3 unspecified atom stereocenters. The second-order valence-electron chi connectivity index (χ2n) is 4.35. The molecule has 16 heavy (non-hydrogen) atoms. The molecule has 4 heteroatoms. The summed E-state index contributed by atoms with van der Waals surface area (Å²) in [6.07, 6.45) is 0.194. The number of rotatable bonds is 2. The lowest BCUT2D eigenvalue weighted by molar-refractivity contribution is 0.213. The Hall–Kier alpha value is -0.470. The molecule has 1 heterocycles. The summed E-state index contributed by atoms with van der Waals surface area (Å²) in [6.45, 7) is 2.23. The maximum absolute atomic E-state index is 6.15. The van der Waals surface area contributed by atoms with Crippen molar-refractivity contribution in [1.29, 1.82) is 0 Å². The third kappa shape index (κ3) is 2.14. The van der Waals surface area contributed by atoms with Crippen molar-refractivity contribution < 1.29 is 4.52 Å². The van der Waals surface area contributed by atoms with Gasteiger partial charge in [-0.1, -0.05) is 30.3 Å². The van der Waals surface area contributed by atoms with Crippen LogP contribution in [0.25, 0.3) is 0 Å². The van der Waals surface area contributed by atoms with Crippen LogP contribution in [0.1, 0.15) is 18.6 Å². The molecule has 0 radical (unpaired) electrons. The summed E-state index contributed by atoms with van der Waals surface area (Å²) in [6, 6.07) is 10.9. The molecule has 0 aromatic heterocycles. The first-order valence-corrected chi connectivity index (χ1v) is 6.69. The standard InChI is InChI=1S/C12H19N2OP/c1-10-12(11-8-6-5-7-9-11)15-16(13(2)3)14(10)4/h5-10,12H,1-4H3. The zero-order chi connectivity index (χ0) is 11.7. The van der Waals surface area contributed by atoms with Crippen LogP contribution in [0.2, 0.25) is 0 Å². The fourth-order valence-corrected chi connectivity index (χ4v) is 3.81. The highest BCUT2D eigenvalue weighted by atomic mass is 31.2. The topological polar surface area (TPSA) is 15.7 Å². The highest BCUT2D eigenvalue weighted by molar-refractivity contribution is 7.47. The third-order valence-electron chi connectivity index (χ3n) is 2.98. The highest BCUT2D eigenvalue weighted by Gasteiger charge is 2.39. The lowest BCUT2D eigenvalue weighted by Crippen LogP contribution is -2.24. The van der Waals surface area contributed by atoms with Gasteiger partial charge >= 0.3 is 0 Å². The minimum absolute atomic E-state index is 0.194. The van der Waals surface area contributed by atoms with Crippen molar-refractivity contribution in [2.45, 2.75) is 19.1 Å². The zero-order valence-corrected chi connectivity index (χ0v) is 11.2. The Morgan fingerprint density at radius 2 is 1.88 bits per heavy atom. The van der Waals surface area contributed by atoms with Crippen LogP contribution in [0.15, 0.2) is 30.3 Å². The summed E-state index contributed by atoms with van der Waals surface area (Å²) >= 11 is 0. The summed E-state index contributed by atoms with van der Waals surface area (Å²) in [7, 11) is 5.68. The summed E-state index contributed by atoms with van der Waals surface area (Å²) < 4.78 is 10.6. The molecule has 1 saturated heterocycles. The molecule has 3 atom stereocenters. The minimum atomic E-state index is -0.601. The molecule has 0 N–H and O–H groups in total. The van der Waals surface area contributed by atoms with Gasteiger partial charge in [0.1, 0.15) is 6.10 Å². The Morgan fingerprint density at radius 3 is 2.38 bits per heavy atom. The van der Waals surface area contributed by atoms with Crippen LogP contribution in [-0.4, -0.2) is 36.5 Å². The largest absolute Gasteiger partial charge is 0.321 e. The molecule has 0 saturated carbocycles. The lowest BCUT2D eigenvalue weighted by atomic mass is 10.0. The molecule has 88 valence electrons. The minimum Gasteiger partial charge on any atom is -0.321 e. The van der Waals surface area contributed by atoms with E-state index in [1.54, 1.807) is 0 Å². The Morgan fingerprint density at radius 1 is 1.25 bits per heavy atom. The van der Waals surface area contributed by atoms with E-state index >= 15 is 0 Å². The number of benzene rings is 1. The summed E-state index contributed by atoms with van der Waals surface area (Å²) in [5.41, 5.74) is 1.27. The van der Waals surface area contributed by atoms with Crippen molar-refractivity contribution in [1.82, 2.24) is 9.34 Å². The van der Waals surface area contributed by atoms with Crippen molar-refractivity contribution >= 4 is 8.45 Å². The maximum atomic E-state index is 6.15. The van der Waals surface area contributed by atoms with Crippen LogP contribution in [0.3, 0.4) is 0 Å². The average Bonchev–Trinajstić information content (AvgIpc) is 2.58. The quantitative estimate of drug-likeness (QED) is 0.737. The van der Waals surface area contributed by atoms with Crippen molar-refractivity contribution in [3.05, 3.63) is 35.9 Å². The SMILES string of the molecule is CC1C(c2ccccc2)OP(N(C)C)N1C. The van der Waals surface area contributed by atoms with Gasteiger partial charge in [0.15, 0.2) is 8.45 Å². The smallest absolute Gasteiger partial charge is 0.188 e. The van der Waals surface area contributed by atoms with Crippen molar-refractivity contribution in [3.63, 3.8) is 0 Å². The van der Waals surface area contributed by atoms with Crippen LogP contribution in [-0.2, 0) is 4.52 Å². The average molecular weight is 238 g/mol. The van der Waals surface area contributed by atoms with Crippen LogP contribution in [0, 0.1) is 0 Å². The van der Waals surface area contributed by atoms with Gasteiger partial charge in [0, 0.05) is 6.04 Å². The van der Waals surface area contributed by atoms with Gasteiger partial charge < -0.3 is 4.52 Å². The van der Waals surface area contributed by atoms with E-state index in [4.69, 9.17) is 4.52 Å². The van der Waals surface area contributed by atoms with E-state index in [9.17, 15) is 0 Å². The summed E-state index contributed by atoms with van der Waals surface area (Å²) in [5.74, 6) is 0. The fraction of sp³-hybridized carbons (Fsp3) is 0.500. The first-order chi connectivity index (χ1) is 7.61. The molecular weight excluding hydrogens is 219 g/mol. The zero-order valence-electron chi connectivity index (χ0n) is 10.3. The molecule has 0 spiro atoms. The third-order valence-corrected chi connectivity index (χ3v) is 4.98. The van der Waals surface area contributed by atoms with Crippen LogP contribution < -0.4 is 0 Å². The second kappa shape index (κ2) is 4.80. The Labute approximate surface area is 98.9 Å². The maximum Gasteiger partial charge on any atom is 0.188 e. The number of likely N-dealkylation sites (N-methyl/N-ethyl adjacent to an activating group) is 1. The molecule has 0 bridgehead atoms. The Bertz CT molecular complexity index is 344. The molecule has 1 aromatic rings. The number of hydrogen-bond donors (Lipinski definition) is 0. The van der Waals surface area contributed by atoms with E-state index in [1.165, 1.54) is 5.56 Å². The van der Waals surface area contributed by atoms with Crippen LogP contribution in [0.4, 0.5) is 0 Å². The molecule has 1 aliphatic heterocycles. The Kier molecular flexibility index (Phi) is 3.60. The predicted octanol–water partition coefficient (Wildman–Crippen LogP) is 2.87. The predicted molar refractivity (Wildman–Crippen MR) is 68.1 cm³/mol. The first-order valence-electron chi connectivity index (χ1n) is 5.53. The van der Waals surface area contributed by atoms with Crippen LogP contribution >= 0.6 is 8.45 Å². The van der Waals surface area contributed by atoms with Gasteiger partial charge in [-0.05, 0) is 33.6 Å². The molecule has 1 aliphatic rings. The van der Waals surface area contributed by atoms with Gasteiger partial charge in [-0.15, -0.1) is 0 Å². The lowest BCUT2D eigenvalue weighted by Gasteiger charge is -2.24. The highest BCUT2D eigenvalue weighted by Crippen LogP contribution is 2.56. The van der Waals surface area contributed by atoms with E-state index in [1.807, 2.05) is 6.07 Å². The van der Waals surface area contributed by atoms with Crippen molar-refractivity contribution in [2.75, 3.05) is 21.1 Å². The van der Waals surface area contributed by atoms with Gasteiger partial charge in [0.2, 0.25) is 0 Å². The fourth-order valence-electron chi connectivity index (χ4n) is 1.97.